The Labute approximate surface area is 423 Å². The fourth-order valence-corrected chi connectivity index (χ4v) is 16.0. The van der Waals surface area contributed by atoms with Crippen LogP contribution >= 0.6 is 15.8 Å². The van der Waals surface area contributed by atoms with Gasteiger partial charge in [0, 0.05) is 0 Å². The molecule has 0 N–H and O–H groups in total. The summed E-state index contributed by atoms with van der Waals surface area (Å²) in [6.07, 6.45) is -12.4. The predicted octanol–water partition coefficient (Wildman–Crippen LogP) is 16.0. The maximum atomic E-state index is 14.3. The number of halogens is 12. The van der Waals surface area contributed by atoms with E-state index in [9.17, 15) is 52.7 Å². The average molecular weight is 1090 g/mol. The van der Waals surface area contributed by atoms with Gasteiger partial charge in [-0.3, -0.25) is 0 Å². The first-order valence-corrected chi connectivity index (χ1v) is 25.1. The SMILES string of the molecule is C1CCCC1.COc1c(C)cc(P(c2cc(C)c(OC)c(C)c2)c2ccccc2C2CCCC2[C@@H](C)P(c2cc(C(F)(F)F)cc(C(F)(F)F)c2)c2cc(C(F)(F)F)cc(C(F)(F)F)c2)cc1C.[CH3-].[CH3-].[Fe+2]. The molecule has 0 amide bonds. The summed E-state index contributed by atoms with van der Waals surface area (Å²) in [7, 11) is -1.01. The van der Waals surface area contributed by atoms with E-state index in [1.165, 1.54) is 39.0 Å². The molecule has 2 fully saturated rings. The van der Waals surface area contributed by atoms with E-state index in [0.717, 1.165) is 43.7 Å². The maximum Gasteiger partial charge on any atom is 2.00 e. The van der Waals surface area contributed by atoms with Crippen molar-refractivity contribution in [3.8, 4) is 11.5 Å². The number of hydrogen-bond acceptors (Lipinski definition) is 2. The van der Waals surface area contributed by atoms with E-state index in [1.807, 2.05) is 76.2 Å². The number of rotatable bonds is 10. The van der Waals surface area contributed by atoms with Crippen molar-refractivity contribution >= 4 is 42.4 Å². The van der Waals surface area contributed by atoms with E-state index in [4.69, 9.17) is 9.47 Å². The molecule has 0 heterocycles. The summed E-state index contributed by atoms with van der Waals surface area (Å²) in [6, 6.07) is 17.2. The monoisotopic (exact) mass is 1090 g/mol. The molecular formula is C54H60F12FeO2P2. The van der Waals surface area contributed by atoms with Crippen LogP contribution in [0.25, 0.3) is 0 Å². The van der Waals surface area contributed by atoms with Gasteiger partial charge in [-0.25, -0.2) is 0 Å². The van der Waals surface area contributed by atoms with Crippen molar-refractivity contribution in [2.75, 3.05) is 14.2 Å². The van der Waals surface area contributed by atoms with Crippen LogP contribution in [0.5, 0.6) is 11.5 Å². The van der Waals surface area contributed by atoms with E-state index in [-0.39, 0.29) is 44.1 Å². The summed E-state index contributed by atoms with van der Waals surface area (Å²) in [5, 5.41) is 1.53. The fraction of sp³-hybridized carbons (Fsp3) is 0.407. The van der Waals surface area contributed by atoms with E-state index in [0.29, 0.717) is 55.0 Å². The molecule has 0 aromatic heterocycles. The molecule has 2 unspecified atom stereocenters. The van der Waals surface area contributed by atoms with Crippen molar-refractivity contribution in [2.24, 2.45) is 5.92 Å². The Morgan fingerprint density at radius 2 is 0.817 bits per heavy atom. The van der Waals surface area contributed by atoms with E-state index < -0.39 is 90.9 Å². The molecule has 0 aliphatic heterocycles. The molecule has 0 radical (unpaired) electrons. The second-order valence-corrected chi connectivity index (χ2v) is 22.5. The first kappa shape index (κ1) is 61.5. The van der Waals surface area contributed by atoms with Crippen molar-refractivity contribution in [2.45, 2.75) is 122 Å². The molecule has 2 nitrogen and oxygen atoms in total. The number of benzene rings is 5. The van der Waals surface area contributed by atoms with E-state index in [2.05, 4.69) is 0 Å². The molecule has 0 saturated heterocycles. The normalized spacial score (nSPS) is 16.6. The third-order valence-electron chi connectivity index (χ3n) is 12.9. The topological polar surface area (TPSA) is 18.5 Å². The minimum absolute atomic E-state index is 0. The molecular weight excluding hydrogens is 1030 g/mol. The zero-order chi connectivity index (χ0) is 50.1. The standard InChI is InChI=1S/C47H44F12O2P2.C5H10.2CH3.Fe/c1-25-15-34(16-26(2)42(25)60-6)63(35-17-27(3)43(61-7)28(4)18-35)41-14-9-8-11-40(41)39-13-10-12-38(39)29(5)62(36-21-30(44(48,49)50)19-31(22-36)45(51,52)53)37-23-32(46(54,55)56)20-33(24-37)47(57,58)59;1-2-4-5-3-1;;;/h8-9,11,14-24,29,38-39H,10,12-13H2,1-7H3;1-5H2;2*1H3;/q;;2*-1;+2/t29-,38?,39?;;;;/m1..../s1. The summed E-state index contributed by atoms with van der Waals surface area (Å²) in [5.41, 5.74) is -3.58. The second-order valence-electron chi connectivity index (χ2n) is 17.7. The first-order chi connectivity index (χ1) is 31.7. The van der Waals surface area contributed by atoms with Crippen LogP contribution < -0.4 is 36.0 Å². The number of aryl methyl sites for hydroxylation is 4. The molecule has 17 heteroatoms. The van der Waals surface area contributed by atoms with Gasteiger partial charge in [0.1, 0.15) is 11.5 Å². The summed E-state index contributed by atoms with van der Waals surface area (Å²) >= 11 is 0. The minimum atomic E-state index is -5.33. The number of alkyl halides is 12. The van der Waals surface area contributed by atoms with Crippen LogP contribution in [0, 0.1) is 48.5 Å². The van der Waals surface area contributed by atoms with Crippen LogP contribution in [-0.4, -0.2) is 19.9 Å². The Hall–Kier alpha value is -3.76. The first-order valence-electron chi connectivity index (χ1n) is 22.3. The Kier molecular flexibility index (Phi) is 21.2. The Balaban J connectivity index is 0.00000157. The molecule has 5 aromatic carbocycles. The third-order valence-corrected chi connectivity index (χ3v) is 18.2. The zero-order valence-corrected chi connectivity index (χ0v) is 44.0. The molecule has 7 rings (SSSR count). The van der Waals surface area contributed by atoms with Crippen LogP contribution in [0.4, 0.5) is 52.7 Å². The largest absolute Gasteiger partial charge is 2.00 e. The van der Waals surface area contributed by atoms with Gasteiger partial charge in [0.05, 0.1) is 36.5 Å². The molecule has 5 aromatic rings. The van der Waals surface area contributed by atoms with Gasteiger partial charge in [0.2, 0.25) is 0 Å². The molecule has 2 saturated carbocycles. The minimum Gasteiger partial charge on any atom is -0.496 e. The number of hydrogen-bond donors (Lipinski definition) is 0. The van der Waals surface area contributed by atoms with E-state index in [1.54, 1.807) is 14.2 Å². The van der Waals surface area contributed by atoms with Crippen LogP contribution in [-0.2, 0) is 41.8 Å². The molecule has 2 aliphatic carbocycles. The van der Waals surface area contributed by atoms with Crippen LogP contribution in [0.2, 0.25) is 0 Å². The quantitative estimate of drug-likeness (QED) is 0.0601. The van der Waals surface area contributed by atoms with Crippen LogP contribution in [0.3, 0.4) is 0 Å². The predicted molar refractivity (Wildman–Crippen MR) is 262 cm³/mol. The second kappa shape index (κ2) is 24.5. The fourth-order valence-electron chi connectivity index (χ4n) is 9.99. The number of methoxy groups -OCH3 is 2. The van der Waals surface area contributed by atoms with Gasteiger partial charge in [-0.05, 0) is 189 Å². The smallest absolute Gasteiger partial charge is 0.496 e. The zero-order valence-electron chi connectivity index (χ0n) is 41.1. The van der Waals surface area contributed by atoms with Gasteiger partial charge in [0.15, 0.2) is 0 Å². The molecule has 71 heavy (non-hydrogen) atoms. The summed E-state index contributed by atoms with van der Waals surface area (Å²) in [6.45, 7) is 9.21. The summed E-state index contributed by atoms with van der Waals surface area (Å²) in [5.74, 6) is 0.371. The summed E-state index contributed by atoms with van der Waals surface area (Å²) < 4.78 is 183. The van der Waals surface area contributed by atoms with Crippen molar-refractivity contribution in [3.05, 3.63) is 150 Å². The number of ether oxygens (including phenoxy) is 2. The molecule has 390 valence electrons. The van der Waals surface area contributed by atoms with E-state index >= 15 is 0 Å². The molecule has 0 bridgehead atoms. The van der Waals surface area contributed by atoms with Crippen molar-refractivity contribution in [1.29, 1.82) is 0 Å². The Bertz CT molecular complexity index is 2310. The van der Waals surface area contributed by atoms with Crippen molar-refractivity contribution < 1.29 is 79.2 Å². The van der Waals surface area contributed by atoms with Gasteiger partial charge < -0.3 is 24.3 Å². The van der Waals surface area contributed by atoms with Crippen molar-refractivity contribution in [1.82, 2.24) is 0 Å². The molecule has 0 spiro atoms. The van der Waals surface area contributed by atoms with Crippen LogP contribution in [0.1, 0.15) is 114 Å². The van der Waals surface area contributed by atoms with Gasteiger partial charge >= 0.3 is 41.8 Å². The average Bonchev–Trinajstić information content (AvgIpc) is 4.00. The Morgan fingerprint density at radius 1 is 0.479 bits per heavy atom. The molecule has 3 atom stereocenters. The van der Waals surface area contributed by atoms with Gasteiger partial charge in [-0.2, -0.15) is 52.7 Å². The van der Waals surface area contributed by atoms with Gasteiger partial charge in [0.25, 0.3) is 0 Å². The Morgan fingerprint density at radius 3 is 1.14 bits per heavy atom. The van der Waals surface area contributed by atoms with Crippen molar-refractivity contribution in [3.63, 3.8) is 0 Å². The van der Waals surface area contributed by atoms with Gasteiger partial charge in [-0.1, -0.05) is 69.7 Å². The maximum absolute atomic E-state index is 14.3. The van der Waals surface area contributed by atoms with Gasteiger partial charge in [-0.15, -0.1) is 0 Å². The summed E-state index contributed by atoms with van der Waals surface area (Å²) in [4.78, 5) is 0. The van der Waals surface area contributed by atoms with Crippen LogP contribution in [0.15, 0.2) is 84.9 Å². The third kappa shape index (κ3) is 14.3. The molecule has 2 aliphatic rings.